The first kappa shape index (κ1) is 61.2. The Labute approximate surface area is 457 Å². The Morgan fingerprint density at radius 2 is 0.987 bits per heavy atom. The van der Waals surface area contributed by atoms with Crippen LogP contribution < -0.4 is 0 Å². The number of pyridine rings is 1. The monoisotopic (exact) mass is 1020 g/mol. The molecule has 11 rings (SSSR count). The van der Waals surface area contributed by atoms with Crippen LogP contribution in [0.4, 0.5) is 0 Å². The van der Waals surface area contributed by atoms with Crippen molar-refractivity contribution in [2.24, 2.45) is 9.98 Å². The summed E-state index contributed by atoms with van der Waals surface area (Å²) in [5, 5.41) is 11.4. The molecule has 6 aliphatic heterocycles. The summed E-state index contributed by atoms with van der Waals surface area (Å²) < 4.78 is 4.07. The lowest BCUT2D eigenvalue weighted by Gasteiger charge is -2.38. The quantitative estimate of drug-likeness (QED) is 0.155. The lowest BCUT2D eigenvalue weighted by Crippen LogP contribution is -2.45. The maximum Gasteiger partial charge on any atom is 0.0698 e. The van der Waals surface area contributed by atoms with Crippen LogP contribution in [0.3, 0.4) is 0 Å². The molecule has 9 nitrogen and oxygen atoms in total. The number of hydrogen-bond donors (Lipinski definition) is 0. The van der Waals surface area contributed by atoms with E-state index in [9.17, 15) is 0 Å². The molecule has 1 fully saturated rings. The van der Waals surface area contributed by atoms with Crippen molar-refractivity contribution in [2.45, 2.75) is 210 Å². The first-order valence-corrected chi connectivity index (χ1v) is 28.1. The van der Waals surface area contributed by atoms with Gasteiger partial charge in [-0.1, -0.05) is 125 Å². The lowest BCUT2D eigenvalue weighted by molar-refractivity contribution is 0.111. The minimum absolute atomic E-state index is 0. The van der Waals surface area contributed by atoms with E-state index in [1.807, 2.05) is 41.5 Å². The van der Waals surface area contributed by atoms with E-state index in [1.165, 1.54) is 114 Å². The van der Waals surface area contributed by atoms with Crippen molar-refractivity contribution in [3.8, 4) is 0 Å². The van der Waals surface area contributed by atoms with Gasteiger partial charge in [-0.2, -0.15) is 10.2 Å². The summed E-state index contributed by atoms with van der Waals surface area (Å²) in [4.78, 5) is 16.2. The third kappa shape index (κ3) is 16.9. The Bertz CT molecular complexity index is 2720. The Morgan fingerprint density at radius 1 is 0.440 bits per heavy atom. The van der Waals surface area contributed by atoms with Crippen molar-refractivity contribution in [1.82, 2.24) is 34.1 Å². The average Bonchev–Trinajstić information content (AvgIpc) is 4.18. The van der Waals surface area contributed by atoms with Crippen molar-refractivity contribution in [1.29, 1.82) is 0 Å². The summed E-state index contributed by atoms with van der Waals surface area (Å²) in [7, 11) is 0. The van der Waals surface area contributed by atoms with Gasteiger partial charge < -0.3 is 0 Å². The van der Waals surface area contributed by atoms with E-state index in [0.717, 1.165) is 39.3 Å². The van der Waals surface area contributed by atoms with Gasteiger partial charge in [-0.25, -0.2) is 4.52 Å². The molecule has 0 radical (unpaired) electrons. The zero-order valence-corrected chi connectivity index (χ0v) is 49.8. The molecular formula is C66H103N9. The molecule has 3 aromatic heterocycles. The van der Waals surface area contributed by atoms with Gasteiger partial charge in [-0.05, 0) is 180 Å². The molecule has 0 N–H and O–H groups in total. The second-order valence-corrected chi connectivity index (χ2v) is 27.5. The van der Waals surface area contributed by atoms with E-state index in [4.69, 9.17) is 0 Å². The molecule has 2 aromatic carbocycles. The Balaban J connectivity index is 0.000000166. The standard InChI is InChI=1S/C14H16.C11H18N2.C11H14N2.2C10H16N2.C9H19N.CH4/c1-14(2,3)13-10-6-8-11-7-4-5-9-12(11)13;1-11(2,3)13-5-4-9-6-12-7-10(9)8-13;1-11(2,3)9-8-12-13-7-5-4-6-10(9)13;1-10(2,3)12-6-8-4-11-5-9(8)7-12;1-10(2,3)8-7-11-12-6-4-5-9(8)12;1-9(2,3)10-7-5-4-6-8-10;/h4-10H,1-3H3;7H,4-6,8H2,1-3H3;4-8H,1-3H3;4H,5-7H2,1-3H3;7H,4-6H2,1-3H3;4-8H2,1-3H3;1H4. The molecule has 0 atom stereocenters. The molecule has 6 aliphatic rings. The lowest BCUT2D eigenvalue weighted by atomic mass is 9.84. The summed E-state index contributed by atoms with van der Waals surface area (Å²) in [6.45, 7) is 50.9. The van der Waals surface area contributed by atoms with Crippen LogP contribution >= 0.6 is 0 Å². The van der Waals surface area contributed by atoms with Gasteiger partial charge in [0.1, 0.15) is 0 Å². The minimum Gasteiger partial charge on any atom is -0.298 e. The Kier molecular flexibility index (Phi) is 20.5. The molecule has 0 bridgehead atoms. The Morgan fingerprint density at radius 3 is 1.57 bits per heavy atom. The number of aromatic nitrogens is 4. The van der Waals surface area contributed by atoms with Gasteiger partial charge in [0.25, 0.3) is 0 Å². The summed E-state index contributed by atoms with van der Waals surface area (Å²) in [6, 6.07) is 21.3. The summed E-state index contributed by atoms with van der Waals surface area (Å²) >= 11 is 0. The van der Waals surface area contributed by atoms with E-state index in [2.05, 4.69) is 219 Å². The zero-order valence-electron chi connectivity index (χ0n) is 49.8. The number of likely N-dealkylation sites (tertiary alicyclic amines) is 1. The molecule has 412 valence electrons. The van der Waals surface area contributed by atoms with Gasteiger partial charge in [0.15, 0.2) is 0 Å². The maximum atomic E-state index is 4.38. The number of aliphatic imine (C=N–C) groups is 2. The first-order chi connectivity index (χ1) is 34.5. The predicted octanol–water partition coefficient (Wildman–Crippen LogP) is 15.2. The van der Waals surface area contributed by atoms with Crippen molar-refractivity contribution in [3.05, 3.63) is 124 Å². The number of fused-ring (bicyclic) bond motifs is 3. The summed E-state index contributed by atoms with van der Waals surface area (Å²) in [5.41, 5.74) is 14.5. The summed E-state index contributed by atoms with van der Waals surface area (Å²) in [5.74, 6) is 0. The van der Waals surface area contributed by atoms with Crippen molar-refractivity contribution < 1.29 is 0 Å². The van der Waals surface area contributed by atoms with Gasteiger partial charge in [-0.15, -0.1) is 0 Å². The van der Waals surface area contributed by atoms with Gasteiger partial charge >= 0.3 is 0 Å². The van der Waals surface area contributed by atoms with Crippen LogP contribution in [0.5, 0.6) is 0 Å². The van der Waals surface area contributed by atoms with Gasteiger partial charge in [0, 0.05) is 79.2 Å². The summed E-state index contributed by atoms with van der Waals surface area (Å²) in [6.07, 6.45) is 18.0. The number of aryl methyl sites for hydroxylation is 1. The highest BCUT2D eigenvalue weighted by Crippen LogP contribution is 2.32. The highest BCUT2D eigenvalue weighted by Gasteiger charge is 2.31. The average molecular weight is 1020 g/mol. The Hall–Kier alpha value is -4.70. The van der Waals surface area contributed by atoms with Crippen LogP contribution in [0.2, 0.25) is 0 Å². The molecule has 0 saturated carbocycles. The molecule has 0 spiro atoms. The maximum absolute atomic E-state index is 4.38. The number of rotatable bonds is 0. The fourth-order valence-electron chi connectivity index (χ4n) is 10.6. The van der Waals surface area contributed by atoms with Crippen LogP contribution in [0.1, 0.15) is 187 Å². The molecule has 9 heteroatoms. The fraction of sp³-hybridized carbons (Fsp3) is 0.606. The van der Waals surface area contributed by atoms with Crippen LogP contribution in [-0.4, -0.2) is 115 Å². The van der Waals surface area contributed by atoms with Crippen LogP contribution in [-0.2, 0) is 29.2 Å². The van der Waals surface area contributed by atoms with E-state index in [-0.39, 0.29) is 23.7 Å². The molecule has 75 heavy (non-hydrogen) atoms. The molecule has 0 aliphatic carbocycles. The smallest absolute Gasteiger partial charge is 0.0698 e. The van der Waals surface area contributed by atoms with E-state index < -0.39 is 0 Å². The molecule has 1 saturated heterocycles. The van der Waals surface area contributed by atoms with E-state index >= 15 is 0 Å². The second kappa shape index (κ2) is 25.2. The largest absolute Gasteiger partial charge is 0.298 e. The number of piperidine rings is 1. The van der Waals surface area contributed by atoms with Gasteiger partial charge in [-0.3, -0.25) is 29.4 Å². The molecular weight excluding hydrogens is 919 g/mol. The minimum atomic E-state index is 0. The second-order valence-electron chi connectivity index (χ2n) is 27.5. The highest BCUT2D eigenvalue weighted by molar-refractivity contribution is 5.86. The highest BCUT2D eigenvalue weighted by atomic mass is 15.3. The number of hydrogen-bond acceptors (Lipinski definition) is 7. The van der Waals surface area contributed by atoms with Crippen molar-refractivity contribution >= 4 is 28.7 Å². The van der Waals surface area contributed by atoms with E-state index in [1.54, 1.807) is 5.57 Å². The third-order valence-electron chi connectivity index (χ3n) is 15.3. The van der Waals surface area contributed by atoms with Crippen LogP contribution in [0.25, 0.3) is 16.3 Å². The van der Waals surface area contributed by atoms with Crippen molar-refractivity contribution in [2.75, 3.05) is 52.4 Å². The predicted molar refractivity (Wildman–Crippen MR) is 326 cm³/mol. The normalized spacial score (nSPS) is 18.1. The molecule has 9 heterocycles. The van der Waals surface area contributed by atoms with E-state index in [0.29, 0.717) is 16.6 Å². The molecule has 5 aromatic rings. The molecule has 0 unspecified atom stereocenters. The van der Waals surface area contributed by atoms with Gasteiger partial charge in [0.2, 0.25) is 0 Å². The number of benzene rings is 2. The topological polar surface area (TPSA) is 69.6 Å². The third-order valence-corrected chi connectivity index (χ3v) is 15.3. The van der Waals surface area contributed by atoms with Gasteiger partial charge in [0.05, 0.1) is 31.0 Å². The van der Waals surface area contributed by atoms with Crippen LogP contribution in [0, 0.1) is 0 Å². The zero-order chi connectivity index (χ0) is 54.3. The fourth-order valence-corrected chi connectivity index (χ4v) is 10.6. The number of nitrogens with zero attached hydrogens (tertiary/aromatic N) is 9. The SMILES string of the molecule is C.CC(C)(C)N1CC2=C(CN=C2)C1.CC(C)(C)N1CCC2=C(C=NC2)C1.CC(C)(C)N1CCCCC1.CC(C)(C)c1cccc2ccccc12.CC(C)(C)c1cnn2c1CCC2.CC(C)(C)c1cnn2ccccc12. The van der Waals surface area contributed by atoms with Crippen LogP contribution in [0.15, 0.2) is 112 Å². The first-order valence-electron chi connectivity index (χ1n) is 28.1. The van der Waals surface area contributed by atoms with Crippen molar-refractivity contribution in [3.63, 3.8) is 0 Å². The molecule has 0 amide bonds.